The van der Waals surface area contributed by atoms with E-state index in [0.717, 1.165) is 30.7 Å². The molecule has 2 rings (SSSR count). The number of carbonyl (C=O) groups is 2. The van der Waals surface area contributed by atoms with Gasteiger partial charge in [-0.1, -0.05) is 17.7 Å². The second kappa shape index (κ2) is 9.81. The Morgan fingerprint density at radius 2 is 1.86 bits per heavy atom. The molecule has 0 aromatic heterocycles. The fourth-order valence-electron chi connectivity index (χ4n) is 1.97. The van der Waals surface area contributed by atoms with E-state index in [9.17, 15) is 27.5 Å². The van der Waals surface area contributed by atoms with Crippen molar-refractivity contribution >= 4 is 41.8 Å². The fraction of sp³-hybridized carbons (Fsp3) is 0.125. The van der Waals surface area contributed by atoms with Crippen molar-refractivity contribution in [1.29, 1.82) is 0 Å². The zero-order chi connectivity index (χ0) is 21.5. The average molecular weight is 456 g/mol. The average Bonchev–Trinajstić information content (AvgIpc) is 2.61. The summed E-state index contributed by atoms with van der Waals surface area (Å²) in [6, 6.07) is 9.72. The van der Waals surface area contributed by atoms with Crippen LogP contribution in [0.25, 0.3) is 0 Å². The fourth-order valence-corrected chi connectivity index (χ4v) is 3.32. The Hall–Kier alpha value is -2.98. The molecule has 4 N–H and O–H groups in total. The molecule has 0 radical (unpaired) electrons. The summed E-state index contributed by atoms with van der Waals surface area (Å²) in [4.78, 5) is 31.1. The van der Waals surface area contributed by atoms with E-state index in [0.29, 0.717) is 5.56 Å². The molecule has 0 saturated carbocycles. The van der Waals surface area contributed by atoms with E-state index < -0.39 is 41.0 Å². The molecule has 0 fully saturated rings. The smallest absolute Gasteiger partial charge is 0.335 e. The third-order valence-electron chi connectivity index (χ3n) is 3.19. The number of rotatable bonds is 5. The Labute approximate surface area is 161 Å². The van der Waals surface area contributed by atoms with Crippen LogP contribution in [0.1, 0.15) is 22.8 Å². The molecular weight excluding hydrogens is 439 g/mol. The van der Waals surface area contributed by atoms with Gasteiger partial charge in [-0.25, -0.2) is 4.79 Å². The number of nitro benzene ring substituents is 1. The summed E-state index contributed by atoms with van der Waals surface area (Å²) >= 11 is -5.16. The Morgan fingerprint density at radius 3 is 2.29 bits per heavy atom. The number of amides is 1. The van der Waals surface area contributed by atoms with Gasteiger partial charge in [-0.15, -0.1) is 0 Å². The number of nitro groups is 1. The molecule has 0 bridgehead atoms. The normalized spacial score (nSPS) is 12.1. The molecular formula is C16H17AsN2O9. The Balaban J connectivity index is 0.000000330. The largest absolute Gasteiger partial charge is 0.478 e. The third-order valence-corrected chi connectivity index (χ3v) is 5.61. The van der Waals surface area contributed by atoms with Gasteiger partial charge in [0.05, 0.1) is 5.56 Å². The maximum Gasteiger partial charge on any atom is 0.335 e. The van der Waals surface area contributed by atoms with Crippen LogP contribution in [0, 0.1) is 17.0 Å². The van der Waals surface area contributed by atoms with Crippen LogP contribution >= 0.6 is 0 Å². The first kappa shape index (κ1) is 23.1. The molecule has 11 nitrogen and oxygen atoms in total. The molecule has 12 heteroatoms. The summed E-state index contributed by atoms with van der Waals surface area (Å²) in [7, 11) is 0. The number of carbonyl (C=O) groups excluding carboxylic acids is 1. The first-order chi connectivity index (χ1) is 13.0. The predicted octanol–water partition coefficient (Wildman–Crippen LogP) is 1.30. The van der Waals surface area contributed by atoms with Gasteiger partial charge in [-0.2, -0.15) is 0 Å². The molecule has 0 aliphatic carbocycles. The van der Waals surface area contributed by atoms with Gasteiger partial charge in [0, 0.05) is 0 Å². The molecule has 0 saturated heterocycles. The standard InChI is InChI=1S/C8H9AsN2O7.C8H8O2/c1-5(12)10-7-3-2-6(9(13,14)18-17)4-8(7)11(15)16;1-6-3-2-4-7(5-6)8(9)10/h2-4,17H,1H3,(H,10,12)(H,13,14);2-5H,1H3,(H,9,10). The number of nitrogens with one attached hydrogen (secondary N) is 1. The zero-order valence-electron chi connectivity index (χ0n) is 14.7. The van der Waals surface area contributed by atoms with Crippen LogP contribution in [0.2, 0.25) is 0 Å². The van der Waals surface area contributed by atoms with E-state index >= 15 is 0 Å². The van der Waals surface area contributed by atoms with Crippen molar-refractivity contribution in [3.63, 3.8) is 0 Å². The van der Waals surface area contributed by atoms with Crippen LogP contribution in [0.3, 0.4) is 0 Å². The first-order valence-corrected chi connectivity index (χ1v) is 10.8. The van der Waals surface area contributed by atoms with E-state index in [-0.39, 0.29) is 5.69 Å². The maximum absolute atomic E-state index is 11.3. The second-order valence-electron chi connectivity index (χ2n) is 5.42. The monoisotopic (exact) mass is 456 g/mol. The summed E-state index contributed by atoms with van der Waals surface area (Å²) in [6.07, 6.45) is 0. The number of benzene rings is 2. The minimum Gasteiger partial charge on any atom is -0.478 e. The number of aromatic carboxylic acids is 1. The Morgan fingerprint density at radius 1 is 1.21 bits per heavy atom. The van der Waals surface area contributed by atoms with Crippen LogP contribution < -0.4 is 9.67 Å². The van der Waals surface area contributed by atoms with Crippen molar-refractivity contribution in [1.82, 2.24) is 0 Å². The van der Waals surface area contributed by atoms with E-state index in [1.165, 1.54) is 0 Å². The molecule has 28 heavy (non-hydrogen) atoms. The molecule has 0 aliphatic heterocycles. The molecule has 1 atom stereocenters. The number of hydrogen-bond donors (Lipinski definition) is 4. The van der Waals surface area contributed by atoms with E-state index in [1.54, 1.807) is 18.2 Å². The summed E-state index contributed by atoms with van der Waals surface area (Å²) in [5.41, 5.74) is 0.625. The second-order valence-corrected chi connectivity index (χ2v) is 9.03. The van der Waals surface area contributed by atoms with Crippen LogP contribution in [0.15, 0.2) is 42.5 Å². The number of carboxylic acid groups (broad SMARTS) is 1. The van der Waals surface area contributed by atoms with Crippen molar-refractivity contribution in [2.75, 3.05) is 5.32 Å². The summed E-state index contributed by atoms with van der Waals surface area (Å²) < 4.78 is 23.6. The van der Waals surface area contributed by atoms with Crippen molar-refractivity contribution in [2.45, 2.75) is 13.8 Å². The number of nitrogens with zero attached hydrogens (tertiary/aromatic N) is 1. The molecule has 1 amide bonds. The molecule has 2 aromatic carbocycles. The summed E-state index contributed by atoms with van der Waals surface area (Å²) in [5.74, 6) is -1.40. The van der Waals surface area contributed by atoms with Gasteiger partial charge in [0.2, 0.25) is 0 Å². The number of carboxylic acids is 1. The van der Waals surface area contributed by atoms with E-state index in [1.807, 2.05) is 13.0 Å². The predicted molar refractivity (Wildman–Crippen MR) is 97.5 cm³/mol. The van der Waals surface area contributed by atoms with Gasteiger partial charge in [0.25, 0.3) is 0 Å². The van der Waals surface area contributed by atoms with E-state index in [4.69, 9.17) is 10.4 Å². The number of aryl methyl sites for hydroxylation is 1. The molecule has 150 valence electrons. The molecule has 0 heterocycles. The number of hydrogen-bond acceptors (Lipinski definition) is 7. The van der Waals surface area contributed by atoms with Crippen molar-refractivity contribution in [2.24, 2.45) is 0 Å². The van der Waals surface area contributed by atoms with Gasteiger partial charge in [-0.3, -0.25) is 0 Å². The van der Waals surface area contributed by atoms with Crippen LogP contribution in [0.4, 0.5) is 11.4 Å². The maximum atomic E-state index is 11.3. The van der Waals surface area contributed by atoms with Crippen molar-refractivity contribution in [3.05, 3.63) is 63.7 Å². The molecule has 2 aromatic rings. The third kappa shape index (κ3) is 6.63. The van der Waals surface area contributed by atoms with E-state index in [2.05, 4.69) is 9.19 Å². The molecule has 1 unspecified atom stereocenters. The van der Waals surface area contributed by atoms with Crippen LogP contribution in [-0.4, -0.2) is 45.4 Å². The first-order valence-electron chi connectivity index (χ1n) is 7.50. The summed E-state index contributed by atoms with van der Waals surface area (Å²) in [6.45, 7) is 3.03. The van der Waals surface area contributed by atoms with Gasteiger partial charge in [0.15, 0.2) is 0 Å². The molecule has 0 aliphatic rings. The SMILES string of the molecule is CC(=O)Nc1ccc([As](=O)(O)OO)cc1[N+](=O)[O-].Cc1cccc(C(=O)O)c1. The minimum absolute atomic E-state index is 0.121. The van der Waals surface area contributed by atoms with Crippen molar-refractivity contribution in [3.8, 4) is 0 Å². The van der Waals surface area contributed by atoms with Gasteiger partial charge >= 0.3 is 109 Å². The van der Waals surface area contributed by atoms with Crippen molar-refractivity contribution < 1.29 is 36.6 Å². The van der Waals surface area contributed by atoms with Crippen LogP contribution in [-0.2, 0) is 12.4 Å². The summed E-state index contributed by atoms with van der Waals surface area (Å²) in [5, 5.41) is 29.7. The topological polar surface area (TPSA) is 176 Å². The van der Waals surface area contributed by atoms with Gasteiger partial charge in [-0.05, 0) is 19.1 Å². The minimum atomic E-state index is -5.16. The molecule has 0 spiro atoms. The number of anilines is 1. The van der Waals surface area contributed by atoms with Gasteiger partial charge < -0.3 is 5.11 Å². The Kier molecular flexibility index (Phi) is 8.08. The van der Waals surface area contributed by atoms with Gasteiger partial charge in [0.1, 0.15) is 0 Å². The van der Waals surface area contributed by atoms with Crippen LogP contribution in [0.5, 0.6) is 0 Å². The quantitative estimate of drug-likeness (QED) is 0.224. The Bertz CT molecular complexity index is 945. The zero-order valence-corrected chi connectivity index (χ0v) is 16.6.